The number of rotatable bonds is 12. The van der Waals surface area contributed by atoms with Gasteiger partial charge >= 0.3 is 0 Å². The molecule has 34 heavy (non-hydrogen) atoms. The highest BCUT2D eigenvalue weighted by molar-refractivity contribution is 5.27. The average Bonchev–Trinajstić information content (AvgIpc) is 2.84. The fourth-order valence-corrected chi connectivity index (χ4v) is 6.11. The molecule has 2 N–H and O–H groups in total. The van der Waals surface area contributed by atoms with Crippen LogP contribution in [0.25, 0.3) is 0 Å². The van der Waals surface area contributed by atoms with E-state index in [9.17, 15) is 18.3 Å². The normalized spacial score (nSPS) is 26.8. The highest BCUT2D eigenvalue weighted by atomic mass is 19.2. The molecule has 2 fully saturated rings. The molecule has 3 rings (SSSR count). The van der Waals surface area contributed by atoms with Gasteiger partial charge in [-0.3, -0.25) is 4.90 Å². The van der Waals surface area contributed by atoms with Gasteiger partial charge in [0.2, 0.25) is 0 Å². The van der Waals surface area contributed by atoms with E-state index in [0.29, 0.717) is 44.8 Å². The van der Waals surface area contributed by atoms with E-state index in [4.69, 9.17) is 4.74 Å². The second-order valence-electron chi connectivity index (χ2n) is 10.4. The third-order valence-electron chi connectivity index (χ3n) is 8.04. The number of benzene rings is 1. The molecule has 7 heteroatoms. The molecule has 3 atom stereocenters. The maximum atomic E-state index is 14.9. The van der Waals surface area contributed by atoms with Gasteiger partial charge < -0.3 is 15.2 Å². The standard InChI is InChI=1S/C27H43F3N2O2/c1-31-18-23(17-20-10-12-22(28)13-11-20)32-15-6-7-21(19-32)27(33,14-3-4-16-34-2)24-8-5-9-25(29)26(24)30/h5,8-9,20-23,31,33H,3-4,6-7,10-19H2,1-2H3/t20?,21?,22?,23?,27-/m0/s1. The number of alkyl halides is 1. The Kier molecular flexibility index (Phi) is 10.7. The van der Waals surface area contributed by atoms with E-state index in [-0.39, 0.29) is 17.5 Å². The van der Waals surface area contributed by atoms with Crippen LogP contribution >= 0.6 is 0 Å². The van der Waals surface area contributed by atoms with Crippen LogP contribution in [0.4, 0.5) is 13.2 Å². The highest BCUT2D eigenvalue weighted by Crippen LogP contribution is 2.42. The predicted molar refractivity (Wildman–Crippen MR) is 129 cm³/mol. The van der Waals surface area contributed by atoms with Crippen molar-refractivity contribution in [3.05, 3.63) is 35.4 Å². The van der Waals surface area contributed by atoms with Crippen molar-refractivity contribution in [1.29, 1.82) is 0 Å². The molecule has 1 aromatic rings. The minimum absolute atomic E-state index is 0.0724. The van der Waals surface area contributed by atoms with Gasteiger partial charge in [0.15, 0.2) is 11.6 Å². The molecule has 2 aliphatic rings. The van der Waals surface area contributed by atoms with Crippen LogP contribution in [0.2, 0.25) is 0 Å². The third-order valence-corrected chi connectivity index (χ3v) is 8.04. The molecule has 194 valence electrons. The third kappa shape index (κ3) is 6.96. The number of ether oxygens (including phenoxy) is 1. The topological polar surface area (TPSA) is 44.7 Å². The minimum Gasteiger partial charge on any atom is -0.385 e. The van der Waals surface area contributed by atoms with Gasteiger partial charge in [-0.1, -0.05) is 12.1 Å². The van der Waals surface area contributed by atoms with Crippen LogP contribution in [0.15, 0.2) is 18.2 Å². The zero-order chi connectivity index (χ0) is 24.6. The van der Waals surface area contributed by atoms with Gasteiger partial charge in [-0.25, -0.2) is 13.2 Å². The van der Waals surface area contributed by atoms with Crippen molar-refractivity contribution in [1.82, 2.24) is 10.2 Å². The number of aliphatic hydroxyl groups is 1. The molecule has 2 unspecified atom stereocenters. The highest BCUT2D eigenvalue weighted by Gasteiger charge is 2.43. The lowest BCUT2D eigenvalue weighted by Gasteiger charge is -2.46. The van der Waals surface area contributed by atoms with Gasteiger partial charge in [0.1, 0.15) is 6.17 Å². The number of likely N-dealkylation sites (N-methyl/N-ethyl adjacent to an activating group) is 1. The van der Waals surface area contributed by atoms with E-state index >= 15 is 0 Å². The largest absolute Gasteiger partial charge is 0.385 e. The van der Waals surface area contributed by atoms with Crippen LogP contribution in [0.3, 0.4) is 0 Å². The summed E-state index contributed by atoms with van der Waals surface area (Å²) in [4.78, 5) is 2.42. The van der Waals surface area contributed by atoms with Crippen molar-refractivity contribution >= 4 is 0 Å². The summed E-state index contributed by atoms with van der Waals surface area (Å²) in [5.41, 5.74) is -1.36. The van der Waals surface area contributed by atoms with Crippen molar-refractivity contribution < 1.29 is 23.0 Å². The second-order valence-corrected chi connectivity index (χ2v) is 10.4. The first-order chi connectivity index (χ1) is 16.4. The van der Waals surface area contributed by atoms with Crippen molar-refractivity contribution in [3.8, 4) is 0 Å². The van der Waals surface area contributed by atoms with Crippen LogP contribution in [0, 0.1) is 23.5 Å². The van der Waals surface area contributed by atoms with Gasteiger partial charge in [0.05, 0.1) is 5.60 Å². The monoisotopic (exact) mass is 484 g/mol. The molecule has 1 aliphatic carbocycles. The number of hydrogen-bond donors (Lipinski definition) is 2. The minimum atomic E-state index is -1.44. The van der Waals surface area contributed by atoms with Crippen molar-refractivity contribution in [2.45, 2.75) is 82.0 Å². The molecule has 0 aromatic heterocycles. The number of methoxy groups -OCH3 is 1. The summed E-state index contributed by atoms with van der Waals surface area (Å²) >= 11 is 0. The number of halogens is 3. The van der Waals surface area contributed by atoms with Crippen LogP contribution in [-0.4, -0.2) is 62.6 Å². The van der Waals surface area contributed by atoms with Crippen LogP contribution in [0.1, 0.15) is 69.8 Å². The van der Waals surface area contributed by atoms with Crippen molar-refractivity contribution in [2.24, 2.45) is 11.8 Å². The van der Waals surface area contributed by atoms with Crippen LogP contribution in [-0.2, 0) is 10.3 Å². The van der Waals surface area contributed by atoms with E-state index in [1.807, 2.05) is 7.05 Å². The smallest absolute Gasteiger partial charge is 0.164 e. The van der Waals surface area contributed by atoms with Gasteiger partial charge in [-0.15, -0.1) is 0 Å². The zero-order valence-corrected chi connectivity index (χ0v) is 20.9. The molecule has 4 nitrogen and oxygen atoms in total. The molecule has 1 aromatic carbocycles. The number of nitrogens with one attached hydrogen (secondary N) is 1. The van der Waals surface area contributed by atoms with Gasteiger partial charge in [0, 0.05) is 44.3 Å². The first-order valence-electron chi connectivity index (χ1n) is 13.1. The summed E-state index contributed by atoms with van der Waals surface area (Å²) in [6.07, 6.45) is 6.97. The number of nitrogens with zero attached hydrogens (tertiary/aromatic N) is 1. The summed E-state index contributed by atoms with van der Waals surface area (Å²) in [6.45, 7) is 2.96. The molecule has 1 saturated carbocycles. The van der Waals surface area contributed by atoms with Gasteiger partial charge in [-0.2, -0.15) is 0 Å². The molecule has 1 aliphatic heterocycles. The molecule has 1 saturated heterocycles. The number of hydrogen-bond acceptors (Lipinski definition) is 4. The lowest BCUT2D eigenvalue weighted by molar-refractivity contribution is -0.0715. The van der Waals surface area contributed by atoms with E-state index in [1.165, 1.54) is 12.1 Å². The van der Waals surface area contributed by atoms with E-state index < -0.39 is 23.4 Å². The Morgan fingerprint density at radius 3 is 2.65 bits per heavy atom. The maximum Gasteiger partial charge on any atom is 0.164 e. The summed E-state index contributed by atoms with van der Waals surface area (Å²) in [7, 11) is 3.58. The van der Waals surface area contributed by atoms with E-state index in [2.05, 4.69) is 10.2 Å². The van der Waals surface area contributed by atoms with Crippen molar-refractivity contribution in [2.75, 3.05) is 40.4 Å². The summed E-state index contributed by atoms with van der Waals surface area (Å²) < 4.78 is 47.9. The Balaban J connectivity index is 1.78. The lowest BCUT2D eigenvalue weighted by atomic mass is 9.73. The molecular weight excluding hydrogens is 441 g/mol. The lowest BCUT2D eigenvalue weighted by Crippen LogP contribution is -2.52. The first-order valence-corrected chi connectivity index (χ1v) is 13.1. The zero-order valence-electron chi connectivity index (χ0n) is 20.9. The summed E-state index contributed by atoms with van der Waals surface area (Å²) in [5, 5.41) is 15.3. The maximum absolute atomic E-state index is 14.9. The molecule has 1 heterocycles. The average molecular weight is 485 g/mol. The predicted octanol–water partition coefficient (Wildman–Crippen LogP) is 5.19. The Bertz CT molecular complexity index is 745. The van der Waals surface area contributed by atoms with E-state index in [1.54, 1.807) is 7.11 Å². The van der Waals surface area contributed by atoms with Crippen LogP contribution < -0.4 is 5.32 Å². The SMILES string of the molecule is CNCC(CC1CCC(F)CC1)N1CCCC([C@@](O)(CCCCOC)c2cccc(F)c2F)C1. The van der Waals surface area contributed by atoms with Gasteiger partial charge in [0.25, 0.3) is 0 Å². The fraction of sp³-hybridized carbons (Fsp3) is 0.778. The second kappa shape index (κ2) is 13.2. The molecule has 0 radical (unpaired) electrons. The number of piperidine rings is 1. The quantitative estimate of drug-likeness (QED) is 0.401. The fourth-order valence-electron chi connectivity index (χ4n) is 6.11. The Labute approximate surface area is 203 Å². The van der Waals surface area contributed by atoms with E-state index in [0.717, 1.165) is 57.7 Å². The van der Waals surface area contributed by atoms with Gasteiger partial charge in [-0.05, 0) is 89.8 Å². The summed E-state index contributed by atoms with van der Waals surface area (Å²) in [5.74, 6) is -1.54. The number of unbranched alkanes of at least 4 members (excludes halogenated alkanes) is 1. The molecule has 0 spiro atoms. The molecule has 0 bridgehead atoms. The molecular formula is C27H43F3N2O2. The Morgan fingerprint density at radius 2 is 1.94 bits per heavy atom. The summed E-state index contributed by atoms with van der Waals surface area (Å²) in [6, 6.07) is 4.41. The Morgan fingerprint density at radius 1 is 1.18 bits per heavy atom. The number of likely N-dealkylation sites (tertiary alicyclic amines) is 1. The van der Waals surface area contributed by atoms with Crippen molar-refractivity contribution in [3.63, 3.8) is 0 Å². The molecule has 0 amide bonds. The van der Waals surface area contributed by atoms with Crippen LogP contribution in [0.5, 0.6) is 0 Å². The first kappa shape index (κ1) is 27.4. The Hall–Kier alpha value is -1.15.